The molecule has 5 heteroatoms. The lowest BCUT2D eigenvalue weighted by Gasteiger charge is -2.43. The van der Waals surface area contributed by atoms with E-state index in [0.29, 0.717) is 6.61 Å². The van der Waals surface area contributed by atoms with E-state index in [1.807, 2.05) is 6.07 Å². The number of aromatic nitrogens is 2. The molecule has 43 heavy (non-hydrogen) atoms. The quantitative estimate of drug-likeness (QED) is 0.147. The van der Waals surface area contributed by atoms with Crippen LogP contribution < -0.4 is 10.4 Å². The molecule has 0 bridgehead atoms. The summed E-state index contributed by atoms with van der Waals surface area (Å²) >= 11 is 3.71. The van der Waals surface area contributed by atoms with Gasteiger partial charge in [0, 0.05) is 23.2 Å². The van der Waals surface area contributed by atoms with Gasteiger partial charge in [0.2, 0.25) is 0 Å². The van der Waals surface area contributed by atoms with Crippen molar-refractivity contribution >= 4 is 45.7 Å². The number of nitrogens with zero attached hydrogens (tertiary/aromatic N) is 2. The van der Waals surface area contributed by atoms with E-state index in [0.717, 1.165) is 39.9 Å². The molecule has 0 amide bonds. The van der Waals surface area contributed by atoms with Gasteiger partial charge in [0.05, 0.1) is 5.52 Å². The summed E-state index contributed by atoms with van der Waals surface area (Å²) in [7, 11) is -2.54. The highest BCUT2D eigenvalue weighted by Gasteiger charge is 2.49. The van der Waals surface area contributed by atoms with Crippen molar-refractivity contribution in [2.75, 3.05) is 6.61 Å². The zero-order valence-electron chi connectivity index (χ0n) is 25.0. The third-order valence-electron chi connectivity index (χ3n) is 8.25. The third-order valence-corrected chi connectivity index (χ3v) is 13.9. The fourth-order valence-electron chi connectivity index (χ4n) is 6.16. The molecule has 0 fully saturated rings. The van der Waals surface area contributed by atoms with E-state index in [1.165, 1.54) is 21.5 Å². The Bertz CT molecular complexity index is 1760. The van der Waals surface area contributed by atoms with Crippen LogP contribution in [0.25, 0.3) is 22.4 Å². The molecule has 0 aliphatic rings. The van der Waals surface area contributed by atoms with E-state index in [4.69, 9.17) is 9.41 Å². The molecule has 5 aromatic carbocycles. The predicted octanol–water partition coefficient (Wildman–Crippen LogP) is 8.63. The van der Waals surface area contributed by atoms with Crippen molar-refractivity contribution in [3.63, 3.8) is 0 Å². The van der Waals surface area contributed by atoms with Crippen molar-refractivity contribution in [1.29, 1.82) is 0 Å². The van der Waals surface area contributed by atoms with Gasteiger partial charge in [0.1, 0.15) is 11.3 Å². The van der Waals surface area contributed by atoms with Crippen LogP contribution in [0.4, 0.5) is 0 Å². The maximum atomic E-state index is 7.13. The minimum absolute atomic E-state index is 0.0292. The first-order valence-corrected chi connectivity index (χ1v) is 17.6. The monoisotopic (exact) mass is 644 g/mol. The van der Waals surface area contributed by atoms with Crippen molar-refractivity contribution < 1.29 is 4.43 Å². The second-order valence-corrected chi connectivity index (χ2v) is 17.2. The van der Waals surface area contributed by atoms with Gasteiger partial charge in [0.15, 0.2) is 0 Å². The average Bonchev–Trinajstić information content (AvgIpc) is 3.40. The van der Waals surface area contributed by atoms with Gasteiger partial charge in [-0.2, -0.15) is 0 Å². The lowest BCUT2D eigenvalue weighted by Crippen LogP contribution is -2.66. The van der Waals surface area contributed by atoms with Crippen LogP contribution in [-0.2, 0) is 17.4 Å². The van der Waals surface area contributed by atoms with Crippen molar-refractivity contribution in [2.24, 2.45) is 0 Å². The second-order valence-electron chi connectivity index (χ2n) is 12.1. The summed E-state index contributed by atoms with van der Waals surface area (Å²) in [5, 5.41) is 2.61. The van der Waals surface area contributed by atoms with Crippen molar-refractivity contribution in [1.82, 2.24) is 9.55 Å². The Morgan fingerprint density at radius 3 is 1.81 bits per heavy atom. The highest BCUT2D eigenvalue weighted by Crippen LogP contribution is 2.37. The van der Waals surface area contributed by atoms with Gasteiger partial charge in [-0.25, -0.2) is 4.98 Å². The van der Waals surface area contributed by atoms with Crippen LogP contribution in [0.3, 0.4) is 0 Å². The first-order chi connectivity index (χ1) is 20.9. The minimum Gasteiger partial charge on any atom is -0.407 e. The smallest absolute Gasteiger partial charge is 0.261 e. The molecule has 0 N–H and O–H groups in total. The molecular weight excluding hydrogens is 608 g/mol. The number of halogens is 1. The number of imidazole rings is 1. The van der Waals surface area contributed by atoms with E-state index >= 15 is 0 Å². The zero-order chi connectivity index (χ0) is 29.9. The SMILES string of the molecule is CC(C)(C)[Si](OCCc1ccc(Cn2c(-c3ccccc3)nc3c(Br)cccc32)cc1)(c1ccccc1)c1ccccc1. The van der Waals surface area contributed by atoms with E-state index in [-0.39, 0.29) is 5.04 Å². The molecule has 0 atom stereocenters. The highest BCUT2D eigenvalue weighted by atomic mass is 79.9. The van der Waals surface area contributed by atoms with Crippen LogP contribution in [0.1, 0.15) is 31.9 Å². The van der Waals surface area contributed by atoms with Gasteiger partial charge in [-0.15, -0.1) is 0 Å². The molecule has 0 unspecified atom stereocenters. The van der Waals surface area contributed by atoms with Gasteiger partial charge in [-0.1, -0.05) is 142 Å². The average molecular weight is 646 g/mol. The maximum absolute atomic E-state index is 7.13. The molecule has 1 heterocycles. The molecule has 6 rings (SSSR count). The summed E-state index contributed by atoms with van der Waals surface area (Å²) in [5.74, 6) is 0.977. The molecule has 0 saturated carbocycles. The molecule has 1 aromatic heterocycles. The first kappa shape index (κ1) is 29.3. The van der Waals surface area contributed by atoms with E-state index in [1.54, 1.807) is 0 Å². The third kappa shape index (κ3) is 5.90. The molecule has 0 spiro atoms. The van der Waals surface area contributed by atoms with Crippen molar-refractivity contribution in [2.45, 2.75) is 38.8 Å². The number of benzene rings is 5. The molecule has 0 saturated heterocycles. The van der Waals surface area contributed by atoms with Gasteiger partial charge in [0.25, 0.3) is 8.32 Å². The fourth-order valence-corrected chi connectivity index (χ4v) is 11.2. The lowest BCUT2D eigenvalue weighted by atomic mass is 10.1. The standard InChI is InChI=1S/C38H37BrN2OSi/c1-38(2,3)43(32-16-9-5-10-17-32,33-18-11-6-12-19-33)42-27-26-29-22-24-30(25-23-29)28-41-35-21-13-20-34(39)36(35)40-37(41)31-14-7-4-8-15-31/h4-25H,26-28H2,1-3H3. The summed E-state index contributed by atoms with van der Waals surface area (Å²) in [5.41, 5.74) is 5.74. The van der Waals surface area contributed by atoms with Crippen LogP contribution >= 0.6 is 15.9 Å². The number of para-hydroxylation sites is 1. The van der Waals surface area contributed by atoms with Gasteiger partial charge in [-0.05, 0) is 61.0 Å². The Kier molecular flexibility index (Phi) is 8.49. The minimum atomic E-state index is -2.54. The summed E-state index contributed by atoms with van der Waals surface area (Å²) in [6.45, 7) is 8.41. The number of hydrogen-bond acceptors (Lipinski definition) is 2. The number of hydrogen-bond donors (Lipinski definition) is 0. The second kappa shape index (κ2) is 12.5. The first-order valence-electron chi connectivity index (χ1n) is 14.9. The fraction of sp³-hybridized carbons (Fsp3) is 0.184. The topological polar surface area (TPSA) is 27.1 Å². The molecule has 0 radical (unpaired) electrons. The van der Waals surface area contributed by atoms with Gasteiger partial charge in [-0.3, -0.25) is 0 Å². The molecule has 0 aliphatic carbocycles. The van der Waals surface area contributed by atoms with E-state index in [9.17, 15) is 0 Å². The Hall–Kier alpha value is -3.77. The summed E-state index contributed by atoms with van der Waals surface area (Å²) in [6.07, 6.45) is 0.862. The summed E-state index contributed by atoms with van der Waals surface area (Å²) in [6, 6.07) is 47.4. The molecule has 0 aliphatic heterocycles. The van der Waals surface area contributed by atoms with Crippen molar-refractivity contribution in [3.8, 4) is 11.4 Å². The summed E-state index contributed by atoms with van der Waals surface area (Å²) in [4.78, 5) is 5.03. The van der Waals surface area contributed by atoms with Crippen LogP contribution in [0.5, 0.6) is 0 Å². The molecule has 216 valence electrons. The van der Waals surface area contributed by atoms with Crippen LogP contribution in [-0.4, -0.2) is 24.5 Å². The molecule has 6 aromatic rings. The molecular formula is C38H37BrN2OSi. The Labute approximate surface area is 264 Å². The molecule has 3 nitrogen and oxygen atoms in total. The Balaban J connectivity index is 1.24. The van der Waals surface area contributed by atoms with Crippen molar-refractivity contribution in [3.05, 3.63) is 149 Å². The summed E-state index contributed by atoms with van der Waals surface area (Å²) < 4.78 is 10.5. The van der Waals surface area contributed by atoms with Crippen LogP contribution in [0.2, 0.25) is 5.04 Å². The number of fused-ring (bicyclic) bond motifs is 1. The Morgan fingerprint density at radius 1 is 0.674 bits per heavy atom. The Morgan fingerprint density at radius 2 is 1.23 bits per heavy atom. The highest BCUT2D eigenvalue weighted by molar-refractivity contribution is 9.10. The number of rotatable bonds is 9. The van der Waals surface area contributed by atoms with Crippen LogP contribution in [0.15, 0.2) is 138 Å². The van der Waals surface area contributed by atoms with Crippen LogP contribution in [0, 0.1) is 0 Å². The normalized spacial score (nSPS) is 12.1. The van der Waals surface area contributed by atoms with E-state index in [2.05, 4.69) is 169 Å². The lowest BCUT2D eigenvalue weighted by molar-refractivity contribution is 0.302. The largest absolute Gasteiger partial charge is 0.407 e. The predicted molar refractivity (Wildman–Crippen MR) is 186 cm³/mol. The maximum Gasteiger partial charge on any atom is 0.261 e. The van der Waals surface area contributed by atoms with Gasteiger partial charge >= 0.3 is 0 Å². The van der Waals surface area contributed by atoms with Gasteiger partial charge < -0.3 is 8.99 Å². The zero-order valence-corrected chi connectivity index (χ0v) is 27.6. The van der Waals surface area contributed by atoms with E-state index < -0.39 is 8.32 Å².